The topological polar surface area (TPSA) is 52.1 Å². The van der Waals surface area contributed by atoms with Gasteiger partial charge in [-0.25, -0.2) is 4.79 Å². The number of aromatic nitrogens is 2. The van der Waals surface area contributed by atoms with Gasteiger partial charge in [0.2, 0.25) is 0 Å². The van der Waals surface area contributed by atoms with Gasteiger partial charge in [-0.2, -0.15) is 0 Å². The van der Waals surface area contributed by atoms with Crippen molar-refractivity contribution in [3.05, 3.63) is 15.0 Å². The van der Waals surface area contributed by atoms with E-state index in [0.717, 1.165) is 0 Å². The highest BCUT2D eigenvalue weighted by atomic mass is 79.9. The van der Waals surface area contributed by atoms with Crippen LogP contribution in [0.4, 0.5) is 0 Å². The van der Waals surface area contributed by atoms with E-state index in [0.29, 0.717) is 15.5 Å². The molecule has 0 saturated heterocycles. The number of nitrogens with zero attached hydrogens (tertiary/aromatic N) is 2. The van der Waals surface area contributed by atoms with Gasteiger partial charge in [-0.05, 0) is 28.9 Å². The van der Waals surface area contributed by atoms with Crippen molar-refractivity contribution in [2.75, 3.05) is 6.61 Å². The molecule has 0 radical (unpaired) electrons. The third kappa shape index (κ3) is 3.65. The van der Waals surface area contributed by atoms with Crippen LogP contribution in [0.15, 0.2) is 9.99 Å². The fraction of sp³-hybridized carbons (Fsp3) is 0.286. The predicted molar refractivity (Wildman–Crippen MR) is 53.3 cm³/mol. The largest absolute Gasteiger partial charge is 0.463 e. The van der Waals surface area contributed by atoms with E-state index in [9.17, 15) is 4.79 Å². The van der Waals surface area contributed by atoms with E-state index >= 15 is 0 Å². The van der Waals surface area contributed by atoms with Gasteiger partial charge >= 0.3 is 5.97 Å². The summed E-state index contributed by atoms with van der Waals surface area (Å²) in [5, 5.41) is 8.16. The van der Waals surface area contributed by atoms with Gasteiger partial charge in [0.15, 0.2) is 3.92 Å². The van der Waals surface area contributed by atoms with Gasteiger partial charge in [0.25, 0.3) is 0 Å². The highest BCUT2D eigenvalue weighted by Crippen LogP contribution is 2.16. The van der Waals surface area contributed by atoms with Crippen molar-refractivity contribution in [2.24, 2.45) is 0 Å². The van der Waals surface area contributed by atoms with Gasteiger partial charge in [0.05, 0.1) is 6.61 Å². The Labute approximate surface area is 87.8 Å². The maximum atomic E-state index is 10.9. The molecule has 0 atom stereocenters. The number of carbonyl (C=O) groups is 1. The Hall–Kier alpha value is -0.750. The lowest BCUT2D eigenvalue weighted by atomic mass is 10.5. The van der Waals surface area contributed by atoms with E-state index in [1.54, 1.807) is 13.0 Å². The van der Waals surface area contributed by atoms with Gasteiger partial charge < -0.3 is 4.74 Å². The molecule has 70 valence electrons. The van der Waals surface area contributed by atoms with Crippen molar-refractivity contribution < 1.29 is 9.53 Å². The Morgan fingerprint density at radius 2 is 2.46 bits per heavy atom. The fourth-order valence-corrected chi connectivity index (χ4v) is 1.66. The van der Waals surface area contributed by atoms with Gasteiger partial charge in [-0.1, -0.05) is 11.3 Å². The number of ether oxygens (including phenoxy) is 1. The summed E-state index contributed by atoms with van der Waals surface area (Å²) in [5.74, 6) is -0.367. The molecule has 0 spiro atoms. The predicted octanol–water partition coefficient (Wildman–Crippen LogP) is 1.88. The molecule has 1 aromatic heterocycles. The number of esters is 1. The quantitative estimate of drug-likeness (QED) is 0.617. The van der Waals surface area contributed by atoms with Crippen LogP contribution < -0.4 is 0 Å². The first-order valence-corrected chi connectivity index (χ1v) is 5.17. The van der Waals surface area contributed by atoms with E-state index in [1.165, 1.54) is 17.4 Å². The molecule has 0 aromatic carbocycles. The van der Waals surface area contributed by atoms with E-state index in [-0.39, 0.29) is 5.97 Å². The Morgan fingerprint density at radius 1 is 1.69 bits per heavy atom. The van der Waals surface area contributed by atoms with Crippen molar-refractivity contribution >= 4 is 39.3 Å². The van der Waals surface area contributed by atoms with Crippen molar-refractivity contribution in [3.8, 4) is 0 Å². The molecule has 0 aliphatic rings. The molecular weight excluding hydrogens is 256 g/mol. The van der Waals surface area contributed by atoms with Crippen LogP contribution in [-0.2, 0) is 9.53 Å². The second kappa shape index (κ2) is 5.08. The molecular formula is C7H7BrN2O2S. The Morgan fingerprint density at radius 3 is 3.00 bits per heavy atom. The van der Waals surface area contributed by atoms with Crippen LogP contribution in [-0.4, -0.2) is 22.8 Å². The molecule has 0 fully saturated rings. The molecule has 0 aliphatic carbocycles. The second-order valence-corrected chi connectivity index (χ2v) is 4.26. The number of hydrogen-bond acceptors (Lipinski definition) is 5. The number of hydrogen-bond donors (Lipinski definition) is 0. The zero-order valence-electron chi connectivity index (χ0n) is 6.86. The minimum Gasteiger partial charge on any atom is -0.463 e. The number of halogens is 1. The van der Waals surface area contributed by atoms with Crippen molar-refractivity contribution in [1.82, 2.24) is 10.2 Å². The van der Waals surface area contributed by atoms with Gasteiger partial charge in [-0.15, -0.1) is 10.2 Å². The fourth-order valence-electron chi connectivity index (χ4n) is 0.613. The third-order valence-electron chi connectivity index (χ3n) is 1.06. The maximum absolute atomic E-state index is 10.9. The molecule has 1 heterocycles. The van der Waals surface area contributed by atoms with Crippen LogP contribution in [0.3, 0.4) is 0 Å². The van der Waals surface area contributed by atoms with Crippen LogP contribution in [0, 0.1) is 0 Å². The highest BCUT2D eigenvalue weighted by Gasteiger charge is 1.98. The molecule has 0 N–H and O–H groups in total. The lowest BCUT2D eigenvalue weighted by Crippen LogP contribution is -1.98. The van der Waals surface area contributed by atoms with E-state index in [2.05, 4.69) is 30.9 Å². The van der Waals surface area contributed by atoms with Gasteiger partial charge in [0, 0.05) is 6.08 Å². The van der Waals surface area contributed by atoms with Crippen LogP contribution in [0.25, 0.3) is 6.08 Å². The monoisotopic (exact) mass is 262 g/mol. The number of carbonyl (C=O) groups excluding carboxylic acids is 1. The minimum atomic E-state index is -0.367. The van der Waals surface area contributed by atoms with Crippen LogP contribution in [0.1, 0.15) is 11.9 Å². The molecule has 0 unspecified atom stereocenters. The zero-order valence-corrected chi connectivity index (χ0v) is 9.26. The minimum absolute atomic E-state index is 0.367. The molecule has 6 heteroatoms. The van der Waals surface area contributed by atoms with E-state index in [4.69, 9.17) is 0 Å². The molecule has 1 rings (SSSR count). The summed E-state index contributed by atoms with van der Waals surface area (Å²) in [7, 11) is 0. The summed E-state index contributed by atoms with van der Waals surface area (Å²) >= 11 is 4.51. The molecule has 0 bridgehead atoms. The van der Waals surface area contributed by atoms with Crippen molar-refractivity contribution in [1.29, 1.82) is 0 Å². The first kappa shape index (κ1) is 10.3. The van der Waals surface area contributed by atoms with Crippen LogP contribution >= 0.6 is 27.3 Å². The zero-order chi connectivity index (χ0) is 9.68. The SMILES string of the molecule is CCOC(=O)/C=C/c1nnc(Br)s1. The smallest absolute Gasteiger partial charge is 0.330 e. The molecule has 13 heavy (non-hydrogen) atoms. The van der Waals surface area contributed by atoms with Gasteiger partial charge in [-0.3, -0.25) is 0 Å². The lowest BCUT2D eigenvalue weighted by Gasteiger charge is -1.92. The summed E-state index contributed by atoms with van der Waals surface area (Å²) in [6.07, 6.45) is 2.90. The second-order valence-electron chi connectivity index (χ2n) is 1.98. The molecule has 1 aromatic rings. The summed E-state index contributed by atoms with van der Waals surface area (Å²) in [6, 6.07) is 0. The van der Waals surface area contributed by atoms with Crippen molar-refractivity contribution in [3.63, 3.8) is 0 Å². The summed E-state index contributed by atoms with van der Waals surface area (Å²) < 4.78 is 5.38. The molecule has 4 nitrogen and oxygen atoms in total. The standard InChI is InChI=1S/C7H7BrN2O2S/c1-2-12-6(11)4-3-5-9-10-7(8)13-5/h3-4H,2H2,1H3/b4-3+. The molecule has 0 saturated carbocycles. The summed E-state index contributed by atoms with van der Waals surface area (Å²) in [6.45, 7) is 2.14. The maximum Gasteiger partial charge on any atom is 0.330 e. The van der Waals surface area contributed by atoms with Crippen molar-refractivity contribution in [2.45, 2.75) is 6.92 Å². The average molecular weight is 263 g/mol. The molecule has 0 aliphatic heterocycles. The highest BCUT2D eigenvalue weighted by molar-refractivity contribution is 9.11. The molecule has 0 amide bonds. The first-order valence-electron chi connectivity index (χ1n) is 3.56. The Bertz CT molecular complexity index is 324. The van der Waals surface area contributed by atoms with E-state index < -0.39 is 0 Å². The van der Waals surface area contributed by atoms with Gasteiger partial charge in [0.1, 0.15) is 5.01 Å². The summed E-state index contributed by atoms with van der Waals surface area (Å²) in [5.41, 5.74) is 0. The normalized spacial score (nSPS) is 10.6. The first-order chi connectivity index (χ1) is 6.22. The van der Waals surface area contributed by atoms with Crippen LogP contribution in [0.5, 0.6) is 0 Å². The van der Waals surface area contributed by atoms with E-state index in [1.807, 2.05) is 0 Å². The lowest BCUT2D eigenvalue weighted by molar-refractivity contribution is -0.137. The third-order valence-corrected chi connectivity index (χ3v) is 2.39. The Balaban J connectivity index is 2.53. The van der Waals surface area contributed by atoms with Crippen LogP contribution in [0.2, 0.25) is 0 Å². The summed E-state index contributed by atoms with van der Waals surface area (Å²) in [4.78, 5) is 10.9. The average Bonchev–Trinajstić information content (AvgIpc) is 2.49. The Kier molecular flexibility index (Phi) is 4.04. The number of rotatable bonds is 3.